The molecule has 30 heavy (non-hydrogen) atoms. The first kappa shape index (κ1) is 19.8. The lowest BCUT2D eigenvalue weighted by Gasteiger charge is -2.16. The molecule has 0 spiro atoms. The molecule has 2 aromatic rings. The predicted octanol–water partition coefficient (Wildman–Crippen LogP) is 3.84. The number of carbonyl (C=O) groups is 2. The molecule has 2 amide bonds. The number of imide groups is 1. The third kappa shape index (κ3) is 3.68. The van der Waals surface area contributed by atoms with Crippen LogP contribution in [0.2, 0.25) is 0 Å². The van der Waals surface area contributed by atoms with Crippen molar-refractivity contribution >= 4 is 28.9 Å². The first-order valence-electron chi connectivity index (χ1n) is 9.75. The molecule has 8 heteroatoms. The smallest absolute Gasteiger partial charge is 0.294 e. The summed E-state index contributed by atoms with van der Waals surface area (Å²) < 4.78 is 13.3. The van der Waals surface area contributed by atoms with Crippen LogP contribution >= 0.6 is 0 Å². The third-order valence-corrected chi connectivity index (χ3v) is 5.56. The molecular weight excluding hydrogens is 389 g/mol. The van der Waals surface area contributed by atoms with E-state index in [9.17, 15) is 24.1 Å². The van der Waals surface area contributed by atoms with Crippen LogP contribution in [0.4, 0.5) is 21.5 Å². The van der Waals surface area contributed by atoms with Gasteiger partial charge in [-0.05, 0) is 49.1 Å². The first-order chi connectivity index (χ1) is 14.5. The van der Waals surface area contributed by atoms with Gasteiger partial charge in [0.1, 0.15) is 11.5 Å². The van der Waals surface area contributed by atoms with Crippen LogP contribution in [0, 0.1) is 27.8 Å². The summed E-state index contributed by atoms with van der Waals surface area (Å²) >= 11 is 0. The Morgan fingerprint density at radius 2 is 1.77 bits per heavy atom. The highest BCUT2D eigenvalue weighted by molar-refractivity contribution is 6.22. The number of allylic oxidation sites excluding steroid dienone is 2. The molecule has 7 nitrogen and oxygen atoms in total. The summed E-state index contributed by atoms with van der Waals surface area (Å²) in [6, 6.07) is 10.5. The zero-order valence-corrected chi connectivity index (χ0v) is 16.1. The molecule has 1 saturated heterocycles. The Hall–Kier alpha value is -3.55. The van der Waals surface area contributed by atoms with Crippen LogP contribution in [-0.2, 0) is 16.0 Å². The number of amides is 2. The standard InChI is InChI=1S/C22H20FN3O4/c23-15-5-3-4-14(12-15)10-11-24-19-9-8-16(13-20(19)26(29)30)25-21(27)17-6-1-2-7-18(17)22(25)28/h1-5,8-9,12-13,17-18,24H,6-7,10-11H2/t17-,18+. The summed E-state index contributed by atoms with van der Waals surface area (Å²) in [7, 11) is 0. The molecule has 0 radical (unpaired) electrons. The Kier molecular flexibility index (Phi) is 5.31. The quantitative estimate of drug-likeness (QED) is 0.339. The molecule has 0 saturated carbocycles. The molecule has 0 bridgehead atoms. The van der Waals surface area contributed by atoms with Crippen LogP contribution in [0.5, 0.6) is 0 Å². The van der Waals surface area contributed by atoms with E-state index >= 15 is 0 Å². The Morgan fingerprint density at radius 1 is 1.07 bits per heavy atom. The SMILES string of the molecule is O=C1[C@H]2CC=CC[C@H]2C(=O)N1c1ccc(NCCc2cccc(F)c2)c([N+](=O)[O-])c1. The number of nitro groups is 1. The Bertz CT molecular complexity index is 1030. The second-order valence-corrected chi connectivity index (χ2v) is 7.43. The van der Waals surface area contributed by atoms with E-state index < -0.39 is 16.8 Å². The van der Waals surface area contributed by atoms with E-state index in [1.165, 1.54) is 30.3 Å². The number of benzene rings is 2. The summed E-state index contributed by atoms with van der Waals surface area (Å²) in [6.45, 7) is 0.362. The lowest BCUT2D eigenvalue weighted by Crippen LogP contribution is -2.30. The van der Waals surface area contributed by atoms with Gasteiger partial charge in [-0.25, -0.2) is 9.29 Å². The fourth-order valence-corrected chi connectivity index (χ4v) is 4.05. The van der Waals surface area contributed by atoms with E-state index in [1.807, 2.05) is 12.2 Å². The van der Waals surface area contributed by atoms with E-state index in [-0.39, 0.29) is 34.7 Å². The summed E-state index contributed by atoms with van der Waals surface area (Å²) in [5.74, 6) is -1.75. The molecule has 1 N–H and O–H groups in total. The number of nitro benzene ring substituents is 1. The summed E-state index contributed by atoms with van der Waals surface area (Å²) in [5.41, 5.74) is 1.03. The average Bonchev–Trinajstić information content (AvgIpc) is 2.99. The van der Waals surface area contributed by atoms with Gasteiger partial charge in [-0.1, -0.05) is 24.3 Å². The van der Waals surface area contributed by atoms with Crippen molar-refractivity contribution in [2.75, 3.05) is 16.8 Å². The van der Waals surface area contributed by atoms with E-state index in [4.69, 9.17) is 0 Å². The lowest BCUT2D eigenvalue weighted by molar-refractivity contribution is -0.383. The van der Waals surface area contributed by atoms with E-state index in [0.717, 1.165) is 10.5 Å². The number of hydrogen-bond acceptors (Lipinski definition) is 5. The fourth-order valence-electron chi connectivity index (χ4n) is 4.05. The second kappa shape index (κ2) is 8.06. The number of halogens is 1. The van der Waals surface area contributed by atoms with Gasteiger partial charge in [0.15, 0.2) is 0 Å². The van der Waals surface area contributed by atoms with Gasteiger partial charge in [0.25, 0.3) is 5.69 Å². The molecule has 1 heterocycles. The van der Waals surface area contributed by atoms with Gasteiger partial charge >= 0.3 is 0 Å². The molecule has 2 atom stereocenters. The average molecular weight is 409 g/mol. The maximum atomic E-state index is 13.3. The van der Waals surface area contributed by atoms with Crippen molar-refractivity contribution in [1.29, 1.82) is 0 Å². The highest BCUT2D eigenvalue weighted by Crippen LogP contribution is 2.39. The molecule has 1 aliphatic carbocycles. The van der Waals surface area contributed by atoms with Crippen LogP contribution in [-0.4, -0.2) is 23.3 Å². The predicted molar refractivity (Wildman–Crippen MR) is 110 cm³/mol. The third-order valence-electron chi connectivity index (χ3n) is 5.56. The van der Waals surface area contributed by atoms with Crippen LogP contribution < -0.4 is 10.2 Å². The Labute approximate surface area is 172 Å². The van der Waals surface area contributed by atoms with Gasteiger partial charge in [-0.15, -0.1) is 0 Å². The topological polar surface area (TPSA) is 92.6 Å². The van der Waals surface area contributed by atoms with Crippen molar-refractivity contribution in [2.24, 2.45) is 11.8 Å². The molecular formula is C22H20FN3O4. The summed E-state index contributed by atoms with van der Waals surface area (Å²) in [5, 5.41) is 14.6. The second-order valence-electron chi connectivity index (χ2n) is 7.43. The minimum absolute atomic E-state index is 0.210. The van der Waals surface area contributed by atoms with Crippen molar-refractivity contribution < 1.29 is 18.9 Å². The number of carbonyl (C=O) groups excluding carboxylic acids is 2. The normalized spacial score (nSPS) is 20.4. The summed E-state index contributed by atoms with van der Waals surface area (Å²) in [6.07, 6.45) is 5.28. The van der Waals surface area contributed by atoms with Crippen molar-refractivity contribution in [2.45, 2.75) is 19.3 Å². The van der Waals surface area contributed by atoms with E-state index in [0.29, 0.717) is 25.8 Å². The molecule has 154 valence electrons. The molecule has 4 rings (SSSR count). The zero-order chi connectivity index (χ0) is 21.3. The van der Waals surface area contributed by atoms with Crippen LogP contribution in [0.25, 0.3) is 0 Å². The molecule has 1 aliphatic heterocycles. The monoisotopic (exact) mass is 409 g/mol. The van der Waals surface area contributed by atoms with Crippen molar-refractivity contribution in [1.82, 2.24) is 0 Å². The minimum Gasteiger partial charge on any atom is -0.379 e. The van der Waals surface area contributed by atoms with Gasteiger partial charge < -0.3 is 5.32 Å². The van der Waals surface area contributed by atoms with Crippen molar-refractivity contribution in [3.05, 3.63) is 76.1 Å². The van der Waals surface area contributed by atoms with E-state index in [1.54, 1.807) is 12.1 Å². The number of rotatable bonds is 6. The maximum Gasteiger partial charge on any atom is 0.294 e. The summed E-state index contributed by atoms with van der Waals surface area (Å²) in [4.78, 5) is 37.6. The fraction of sp³-hybridized carbons (Fsp3) is 0.273. The van der Waals surface area contributed by atoms with Crippen LogP contribution in [0.1, 0.15) is 18.4 Å². The van der Waals surface area contributed by atoms with Crippen LogP contribution in [0.15, 0.2) is 54.6 Å². The number of hydrogen-bond donors (Lipinski definition) is 1. The van der Waals surface area contributed by atoms with Gasteiger partial charge in [0.05, 0.1) is 22.4 Å². The molecule has 0 aromatic heterocycles. The van der Waals surface area contributed by atoms with Gasteiger partial charge in [0, 0.05) is 12.6 Å². The highest BCUT2D eigenvalue weighted by Gasteiger charge is 2.48. The number of anilines is 2. The van der Waals surface area contributed by atoms with Gasteiger partial charge in [0.2, 0.25) is 11.8 Å². The zero-order valence-electron chi connectivity index (χ0n) is 16.1. The van der Waals surface area contributed by atoms with Gasteiger partial charge in [-0.2, -0.15) is 0 Å². The molecule has 2 aromatic carbocycles. The molecule has 1 fully saturated rings. The Morgan fingerprint density at radius 3 is 2.40 bits per heavy atom. The molecule has 0 unspecified atom stereocenters. The first-order valence-corrected chi connectivity index (χ1v) is 9.75. The highest BCUT2D eigenvalue weighted by atomic mass is 19.1. The Balaban J connectivity index is 1.53. The van der Waals surface area contributed by atoms with E-state index in [2.05, 4.69) is 5.32 Å². The lowest BCUT2D eigenvalue weighted by atomic mass is 9.85. The van der Waals surface area contributed by atoms with Crippen molar-refractivity contribution in [3.8, 4) is 0 Å². The van der Waals surface area contributed by atoms with Crippen LogP contribution in [0.3, 0.4) is 0 Å². The van der Waals surface area contributed by atoms with Crippen molar-refractivity contribution in [3.63, 3.8) is 0 Å². The molecule has 2 aliphatic rings. The van der Waals surface area contributed by atoms with Gasteiger partial charge in [-0.3, -0.25) is 19.7 Å². The number of nitrogens with zero attached hydrogens (tertiary/aromatic N) is 2. The minimum atomic E-state index is -0.548. The number of fused-ring (bicyclic) bond motifs is 1. The largest absolute Gasteiger partial charge is 0.379 e. The number of nitrogens with one attached hydrogen (secondary N) is 1. The maximum absolute atomic E-state index is 13.3.